The molecule has 1 N–H and O–H groups in total. The predicted molar refractivity (Wildman–Crippen MR) is 115 cm³/mol. The summed E-state index contributed by atoms with van der Waals surface area (Å²) in [6, 6.07) is 14.3. The summed E-state index contributed by atoms with van der Waals surface area (Å²) < 4.78 is 0.950. The monoisotopic (exact) mass is 465 g/mol. The van der Waals surface area contributed by atoms with Crippen molar-refractivity contribution in [2.45, 2.75) is 18.6 Å². The van der Waals surface area contributed by atoms with Gasteiger partial charge < -0.3 is 5.32 Å². The van der Waals surface area contributed by atoms with Crippen LogP contribution in [0, 0.1) is 0 Å². The summed E-state index contributed by atoms with van der Waals surface area (Å²) in [5.41, 5.74) is 1.37. The number of halogens is 2. The van der Waals surface area contributed by atoms with E-state index in [1.54, 1.807) is 29.2 Å². The van der Waals surface area contributed by atoms with E-state index in [2.05, 4.69) is 26.2 Å². The Hall–Kier alpha value is -1.83. The number of hydrogen-bond acceptors (Lipinski definition) is 4. The fourth-order valence-electron chi connectivity index (χ4n) is 2.53. The standard InChI is InChI=1S/C19H17BrClN3O2S/c1-2-24-17(25)11-16(18(26)22-14-9-5-13(21)6-10-14)27-19(24)23-15-7-3-12(20)4-8-15/h3-10,16H,2,11H2,1H3,(H,22,26)/t16-/m0/s1. The molecule has 0 aromatic heterocycles. The molecule has 1 saturated heterocycles. The number of nitrogens with zero attached hydrogens (tertiary/aromatic N) is 2. The van der Waals surface area contributed by atoms with Crippen molar-refractivity contribution in [3.8, 4) is 0 Å². The van der Waals surface area contributed by atoms with Crippen LogP contribution >= 0.6 is 39.3 Å². The third kappa shape index (κ3) is 5.12. The van der Waals surface area contributed by atoms with Gasteiger partial charge in [-0.25, -0.2) is 4.99 Å². The number of carbonyl (C=O) groups is 2. The van der Waals surface area contributed by atoms with Crippen LogP contribution in [-0.2, 0) is 9.59 Å². The number of amidine groups is 1. The smallest absolute Gasteiger partial charge is 0.238 e. The average molecular weight is 467 g/mol. The van der Waals surface area contributed by atoms with Gasteiger partial charge in [0.1, 0.15) is 5.25 Å². The molecule has 0 bridgehead atoms. The summed E-state index contributed by atoms with van der Waals surface area (Å²) in [6.45, 7) is 2.40. The molecule has 3 rings (SSSR count). The van der Waals surface area contributed by atoms with E-state index in [1.807, 2.05) is 31.2 Å². The number of hydrogen-bond donors (Lipinski definition) is 1. The van der Waals surface area contributed by atoms with Crippen LogP contribution < -0.4 is 5.32 Å². The zero-order chi connectivity index (χ0) is 19.4. The molecule has 8 heteroatoms. The number of benzene rings is 2. The van der Waals surface area contributed by atoms with Crippen molar-refractivity contribution in [3.63, 3.8) is 0 Å². The van der Waals surface area contributed by atoms with Gasteiger partial charge >= 0.3 is 0 Å². The molecule has 1 atom stereocenters. The topological polar surface area (TPSA) is 61.8 Å². The number of rotatable bonds is 4. The summed E-state index contributed by atoms with van der Waals surface area (Å²) in [7, 11) is 0. The minimum atomic E-state index is -0.537. The lowest BCUT2D eigenvalue weighted by atomic mass is 10.2. The highest BCUT2D eigenvalue weighted by Crippen LogP contribution is 2.30. The normalized spacial score (nSPS) is 18.6. The first kappa shape index (κ1) is 19.9. The van der Waals surface area contributed by atoms with Gasteiger partial charge in [0, 0.05) is 28.1 Å². The molecule has 0 spiro atoms. The summed E-state index contributed by atoms with van der Waals surface area (Å²) >= 11 is 10.6. The second kappa shape index (κ2) is 8.91. The molecule has 5 nitrogen and oxygen atoms in total. The Morgan fingerprint density at radius 1 is 1.26 bits per heavy atom. The molecule has 1 aliphatic heterocycles. The summed E-state index contributed by atoms with van der Waals surface area (Å²) in [5.74, 6) is -0.335. The third-order valence-corrected chi connectivity index (χ3v) is 5.88. The Labute approximate surface area is 175 Å². The lowest BCUT2D eigenvalue weighted by molar-refractivity contribution is -0.129. The average Bonchev–Trinajstić information content (AvgIpc) is 2.65. The van der Waals surface area contributed by atoms with Crippen LogP contribution in [0.15, 0.2) is 58.0 Å². The van der Waals surface area contributed by atoms with Crippen molar-refractivity contribution in [2.75, 3.05) is 11.9 Å². The van der Waals surface area contributed by atoms with Crippen LogP contribution in [0.3, 0.4) is 0 Å². The highest BCUT2D eigenvalue weighted by molar-refractivity contribution is 9.10. The van der Waals surface area contributed by atoms with Crippen LogP contribution in [0.2, 0.25) is 5.02 Å². The Bertz CT molecular complexity index is 872. The molecule has 1 heterocycles. The second-order valence-corrected chi connectivity index (χ2v) is 8.34. The molecule has 1 fully saturated rings. The van der Waals surface area contributed by atoms with E-state index in [1.165, 1.54) is 11.8 Å². The van der Waals surface area contributed by atoms with Gasteiger partial charge in [0.2, 0.25) is 11.8 Å². The molecule has 1 aliphatic rings. The number of nitrogens with one attached hydrogen (secondary N) is 1. The SMILES string of the molecule is CCN1C(=O)C[C@@H](C(=O)Nc2ccc(Cl)cc2)SC1=Nc1ccc(Br)cc1. The van der Waals surface area contributed by atoms with Gasteiger partial charge in [0.05, 0.1) is 5.69 Å². The minimum Gasteiger partial charge on any atom is -0.325 e. The van der Waals surface area contributed by atoms with Gasteiger partial charge in [-0.05, 0) is 55.5 Å². The Balaban J connectivity index is 1.79. The van der Waals surface area contributed by atoms with Crippen molar-refractivity contribution in [1.82, 2.24) is 4.90 Å². The second-order valence-electron chi connectivity index (χ2n) is 5.82. The molecule has 0 aliphatic carbocycles. The minimum absolute atomic E-state index is 0.108. The van der Waals surface area contributed by atoms with Gasteiger partial charge in [0.15, 0.2) is 5.17 Å². The highest BCUT2D eigenvalue weighted by atomic mass is 79.9. The molecule has 27 heavy (non-hydrogen) atoms. The van der Waals surface area contributed by atoms with Gasteiger partial charge in [-0.3, -0.25) is 14.5 Å². The zero-order valence-electron chi connectivity index (χ0n) is 14.5. The van der Waals surface area contributed by atoms with Crippen molar-refractivity contribution >= 4 is 67.6 Å². The summed E-state index contributed by atoms with van der Waals surface area (Å²) in [4.78, 5) is 31.3. The van der Waals surface area contributed by atoms with Crippen molar-refractivity contribution < 1.29 is 9.59 Å². The maximum Gasteiger partial charge on any atom is 0.238 e. The molecule has 2 amide bonds. The highest BCUT2D eigenvalue weighted by Gasteiger charge is 2.35. The summed E-state index contributed by atoms with van der Waals surface area (Å²) in [5, 5.41) is 3.43. The van der Waals surface area contributed by atoms with Crippen molar-refractivity contribution in [1.29, 1.82) is 0 Å². The van der Waals surface area contributed by atoms with Crippen LogP contribution in [-0.4, -0.2) is 33.7 Å². The van der Waals surface area contributed by atoms with Gasteiger partial charge in [-0.1, -0.05) is 39.3 Å². The number of anilines is 1. The van der Waals surface area contributed by atoms with Gasteiger partial charge in [-0.15, -0.1) is 0 Å². The van der Waals surface area contributed by atoms with Crippen molar-refractivity contribution in [2.24, 2.45) is 4.99 Å². The first-order valence-corrected chi connectivity index (χ1v) is 10.4. The predicted octanol–water partition coefficient (Wildman–Crippen LogP) is 5.08. The molecule has 2 aromatic rings. The van der Waals surface area contributed by atoms with E-state index in [0.717, 1.165) is 10.2 Å². The van der Waals surface area contributed by atoms with Crippen LogP contribution in [0.5, 0.6) is 0 Å². The van der Waals surface area contributed by atoms with Crippen LogP contribution in [0.4, 0.5) is 11.4 Å². The van der Waals surface area contributed by atoms with Crippen LogP contribution in [0.1, 0.15) is 13.3 Å². The molecule has 0 saturated carbocycles. The Morgan fingerprint density at radius 2 is 1.93 bits per heavy atom. The van der Waals surface area contributed by atoms with E-state index in [9.17, 15) is 9.59 Å². The fraction of sp³-hybridized carbons (Fsp3) is 0.211. The molecule has 0 unspecified atom stereocenters. The maximum absolute atomic E-state index is 12.6. The lowest BCUT2D eigenvalue weighted by Crippen LogP contribution is -2.45. The van der Waals surface area contributed by atoms with E-state index < -0.39 is 5.25 Å². The first-order chi connectivity index (χ1) is 13.0. The number of aliphatic imine (C=N–C) groups is 1. The number of thioether (sulfide) groups is 1. The Morgan fingerprint density at radius 3 is 2.56 bits per heavy atom. The van der Waals surface area contributed by atoms with E-state index in [0.29, 0.717) is 22.4 Å². The molecule has 2 aromatic carbocycles. The fourth-order valence-corrected chi connectivity index (χ4v) is 4.09. The van der Waals surface area contributed by atoms with Crippen molar-refractivity contribution in [3.05, 3.63) is 58.0 Å². The molecular formula is C19H17BrClN3O2S. The zero-order valence-corrected chi connectivity index (χ0v) is 17.6. The first-order valence-electron chi connectivity index (χ1n) is 8.34. The molecule has 0 radical (unpaired) electrons. The van der Waals surface area contributed by atoms with Crippen LogP contribution in [0.25, 0.3) is 0 Å². The third-order valence-electron chi connectivity index (χ3n) is 3.91. The quantitative estimate of drug-likeness (QED) is 0.683. The lowest BCUT2D eigenvalue weighted by Gasteiger charge is -2.30. The van der Waals surface area contributed by atoms with Gasteiger partial charge in [-0.2, -0.15) is 0 Å². The molecule has 140 valence electrons. The van der Waals surface area contributed by atoms with E-state index >= 15 is 0 Å². The Kier molecular flexibility index (Phi) is 6.57. The van der Waals surface area contributed by atoms with Gasteiger partial charge in [0.25, 0.3) is 0 Å². The number of amides is 2. The van der Waals surface area contributed by atoms with E-state index in [-0.39, 0.29) is 18.2 Å². The maximum atomic E-state index is 12.6. The van der Waals surface area contributed by atoms with E-state index in [4.69, 9.17) is 11.6 Å². The summed E-state index contributed by atoms with van der Waals surface area (Å²) in [6.07, 6.45) is 0.136. The largest absolute Gasteiger partial charge is 0.325 e. The number of carbonyl (C=O) groups excluding carboxylic acids is 2. The molecular weight excluding hydrogens is 450 g/mol.